The molecular formula is C88H91N19O7. The molecule has 4 aliphatic heterocycles. The Morgan fingerprint density at radius 2 is 0.921 bits per heavy atom. The molecule has 1 spiro atoms. The molecule has 2 saturated carbocycles. The Labute approximate surface area is 664 Å². The predicted octanol–water partition coefficient (Wildman–Crippen LogP) is 10.7. The molecule has 2 atom stereocenters. The van der Waals surface area contributed by atoms with Crippen molar-refractivity contribution in [2.24, 2.45) is 17.3 Å². The van der Waals surface area contributed by atoms with E-state index in [2.05, 4.69) is 95.7 Å². The van der Waals surface area contributed by atoms with E-state index < -0.39 is 0 Å². The summed E-state index contributed by atoms with van der Waals surface area (Å²) in [6, 6.07) is 31.7. The van der Waals surface area contributed by atoms with Gasteiger partial charge in [-0.2, -0.15) is 31.1 Å². The number of amides is 3. The van der Waals surface area contributed by atoms with Crippen LogP contribution in [0.5, 0.6) is 23.0 Å². The molecule has 6 fully saturated rings. The number of piperazine rings is 3. The van der Waals surface area contributed by atoms with Crippen molar-refractivity contribution in [2.75, 3.05) is 140 Å². The predicted molar refractivity (Wildman–Crippen MR) is 433 cm³/mol. The maximum Gasteiger partial charge on any atom is 0.298 e. The topological polar surface area (TPSA) is 273 Å². The highest BCUT2D eigenvalue weighted by Crippen LogP contribution is 2.53. The molecule has 16 rings (SSSR count). The van der Waals surface area contributed by atoms with Crippen molar-refractivity contribution in [3.8, 4) is 110 Å². The van der Waals surface area contributed by atoms with E-state index in [0.29, 0.717) is 148 Å². The number of ether oxygens (including phenoxy) is 4. The second-order valence-electron chi connectivity index (χ2n) is 29.3. The molecule has 26 heteroatoms. The lowest BCUT2D eigenvalue weighted by Crippen LogP contribution is -2.48. The number of fused-ring (bicyclic) bond motifs is 3. The van der Waals surface area contributed by atoms with Crippen molar-refractivity contribution in [3.63, 3.8) is 0 Å². The van der Waals surface area contributed by atoms with Crippen LogP contribution < -0.4 is 33.6 Å². The van der Waals surface area contributed by atoms with Gasteiger partial charge < -0.3 is 53.2 Å². The van der Waals surface area contributed by atoms with Crippen molar-refractivity contribution in [3.05, 3.63) is 157 Å². The molecule has 4 saturated heterocycles. The summed E-state index contributed by atoms with van der Waals surface area (Å²) in [6.45, 7) is 17.2. The van der Waals surface area contributed by atoms with Gasteiger partial charge in [-0.05, 0) is 169 Å². The van der Waals surface area contributed by atoms with Crippen LogP contribution in [-0.2, 0) is 14.4 Å². The molecular weight excluding hydrogens is 1440 g/mol. The van der Waals surface area contributed by atoms with Crippen LogP contribution in [0.4, 0.5) is 17.5 Å². The van der Waals surface area contributed by atoms with Crippen molar-refractivity contribution >= 4 is 51.7 Å². The van der Waals surface area contributed by atoms with E-state index in [1.807, 2.05) is 116 Å². The first-order chi connectivity index (χ1) is 55.7. The molecule has 0 N–H and O–H groups in total. The zero-order valence-corrected chi connectivity index (χ0v) is 65.1. The van der Waals surface area contributed by atoms with Gasteiger partial charge in [0.1, 0.15) is 58.7 Å². The van der Waals surface area contributed by atoms with E-state index in [0.717, 1.165) is 106 Å². The van der Waals surface area contributed by atoms with Crippen LogP contribution in [0.3, 0.4) is 0 Å². The first-order valence-electron chi connectivity index (χ1n) is 39.2. The van der Waals surface area contributed by atoms with E-state index in [4.69, 9.17) is 33.9 Å². The number of hydrogen-bond acceptors (Lipinski definition) is 20. The number of hydrogen-bond donors (Lipinski definition) is 0. The van der Waals surface area contributed by atoms with Gasteiger partial charge in [-0.25, -0.2) is 28.5 Å². The number of carbonyl (C=O) groups excluding carboxylic acids is 3. The summed E-state index contributed by atoms with van der Waals surface area (Å²) in [7, 11) is 3.69. The molecule has 6 aliphatic rings. The lowest BCUT2D eigenvalue weighted by Gasteiger charge is -2.34. The van der Waals surface area contributed by atoms with Gasteiger partial charge in [-0.3, -0.25) is 14.4 Å². The summed E-state index contributed by atoms with van der Waals surface area (Å²) in [5.41, 5.74) is 10.2. The maximum atomic E-state index is 12.8. The van der Waals surface area contributed by atoms with E-state index in [1.54, 1.807) is 75.0 Å². The standard InChI is InChI=1S/C32H36N6O2.C29H26N6O3.C27H29N7O2/c1-2-40-27-18-28(31-26(20-33)22-35-38(31)23-27)25-8-9-29(34-21-25)36-14-16-37(17-15-36)30(39)7-5-6-24-10-13-32(19-24)11-3-4-12-32;1-3-38-25-16-26(29-23(17-30)19-32-35(29)20-25)22-8-9-27(31-18-22)33-11-13-34(14-12-33)28(36)10-7-21-5-4-6-24(15-21)37-2;1-3-36-23-14-24(27-22(15-28)17-30-34(27)19-23)21-5-6-25(29-16-21)32-10-12-33(13-11-32)26(35)7-4-20-8-9-31(2)18-20/h8-9,18,21-24H,2-4,6,10-17,19H2,1H3;4-6,8-9,15-16,18-20H,3,11-14H2,1-2H3;5-6,14,16-17,19-20H,3,8-13,18H2,1-2H3. The first-order valence-corrected chi connectivity index (χ1v) is 39.2. The molecule has 580 valence electrons. The van der Waals surface area contributed by atoms with Crippen molar-refractivity contribution in [1.29, 1.82) is 15.8 Å². The molecule has 114 heavy (non-hydrogen) atoms. The van der Waals surface area contributed by atoms with Gasteiger partial charge >= 0.3 is 0 Å². The number of methoxy groups -OCH3 is 1. The van der Waals surface area contributed by atoms with Gasteiger partial charge in [0.15, 0.2) is 0 Å². The highest BCUT2D eigenvalue weighted by atomic mass is 16.5. The smallest absolute Gasteiger partial charge is 0.298 e. The summed E-state index contributed by atoms with van der Waals surface area (Å²) < 4.78 is 27.4. The first kappa shape index (κ1) is 77.6. The average molecular weight is 1530 g/mol. The fourth-order valence-electron chi connectivity index (χ4n) is 16.2. The number of pyridine rings is 6. The van der Waals surface area contributed by atoms with Crippen LogP contribution in [0.1, 0.15) is 101 Å². The number of likely N-dealkylation sites (tertiary alicyclic amines) is 1. The fraction of sp³-hybridized carbons (Fsp3) is 0.386. The number of anilines is 3. The van der Waals surface area contributed by atoms with Gasteiger partial charge in [0.2, 0.25) is 0 Å². The second-order valence-corrected chi connectivity index (χ2v) is 29.3. The normalized spacial score (nSPS) is 17.0. The number of carbonyl (C=O) groups is 3. The molecule has 0 radical (unpaired) electrons. The lowest BCUT2D eigenvalue weighted by atomic mass is 9.83. The number of nitriles is 3. The van der Waals surface area contributed by atoms with Crippen molar-refractivity contribution < 1.29 is 33.3 Å². The number of benzene rings is 1. The lowest BCUT2D eigenvalue weighted by molar-refractivity contribution is -0.126. The Morgan fingerprint density at radius 3 is 1.31 bits per heavy atom. The van der Waals surface area contributed by atoms with Crippen LogP contribution in [0, 0.1) is 86.8 Å². The zero-order chi connectivity index (χ0) is 79.1. The molecule has 0 bridgehead atoms. The molecule has 1 aromatic carbocycles. The Balaban J connectivity index is 0.000000142. The third-order valence-electron chi connectivity index (χ3n) is 22.1. The van der Waals surface area contributed by atoms with E-state index in [9.17, 15) is 30.2 Å². The molecule has 13 heterocycles. The SMILES string of the molecule is CCOc1cc(-c2ccc(N3CCN(C(=O)C#CC4CCN(C)C4)CC3)nc2)c2c(C#N)cnn2c1.CCOc1cc(-c2ccc(N3CCN(C(=O)C#CCC4CCC5(CCCC5)C4)CC3)nc2)c2c(C#N)cnn2c1.CCOc1cc(-c2ccc(N3CCN(C(=O)C#Cc4cccc(OC)c4)CC3)nc2)c2c(C#N)cnn2c1. The van der Waals surface area contributed by atoms with E-state index >= 15 is 0 Å². The van der Waals surface area contributed by atoms with Gasteiger partial charge in [-0.15, -0.1) is 0 Å². The maximum absolute atomic E-state index is 12.8. The van der Waals surface area contributed by atoms with Gasteiger partial charge in [0.25, 0.3) is 17.7 Å². The molecule has 9 aromatic heterocycles. The highest BCUT2D eigenvalue weighted by molar-refractivity contribution is 5.95. The number of aromatic nitrogens is 9. The third-order valence-corrected chi connectivity index (χ3v) is 22.1. The largest absolute Gasteiger partial charge is 0.497 e. The fourth-order valence-corrected chi connectivity index (χ4v) is 16.2. The van der Waals surface area contributed by atoms with Gasteiger partial charge in [0.05, 0.1) is 97.4 Å². The minimum absolute atomic E-state index is 0.0520. The minimum Gasteiger partial charge on any atom is -0.497 e. The molecule has 2 unspecified atom stereocenters. The Hall–Kier alpha value is -13.1. The van der Waals surface area contributed by atoms with Crippen LogP contribution in [0.25, 0.3) is 49.9 Å². The Bertz CT molecular complexity index is 5470. The van der Waals surface area contributed by atoms with Crippen molar-refractivity contribution in [2.45, 2.75) is 78.6 Å². The molecule has 2 aliphatic carbocycles. The summed E-state index contributed by atoms with van der Waals surface area (Å²) in [5, 5.41) is 41.6. The summed E-state index contributed by atoms with van der Waals surface area (Å²) in [4.78, 5) is 66.3. The third kappa shape index (κ3) is 17.9. The minimum atomic E-state index is -0.192. The summed E-state index contributed by atoms with van der Waals surface area (Å²) in [5.74, 6) is 23.8. The Morgan fingerprint density at radius 1 is 0.491 bits per heavy atom. The molecule has 26 nitrogen and oxygen atoms in total. The van der Waals surface area contributed by atoms with Crippen LogP contribution in [-0.4, -0.2) is 207 Å². The van der Waals surface area contributed by atoms with E-state index in [-0.39, 0.29) is 17.7 Å². The number of rotatable bonds is 14. The Kier molecular flexibility index (Phi) is 24.4. The van der Waals surface area contributed by atoms with Crippen molar-refractivity contribution in [1.82, 2.24) is 63.4 Å². The van der Waals surface area contributed by atoms with Gasteiger partial charge in [-0.1, -0.05) is 36.7 Å². The van der Waals surface area contributed by atoms with E-state index in [1.165, 1.54) is 44.9 Å². The summed E-state index contributed by atoms with van der Waals surface area (Å²) >= 11 is 0. The van der Waals surface area contributed by atoms with Crippen LogP contribution in [0.2, 0.25) is 0 Å². The average Bonchev–Trinajstić information content (AvgIpc) is 1.55. The molecule has 3 amide bonds. The second kappa shape index (κ2) is 35.9. The van der Waals surface area contributed by atoms with Gasteiger partial charge in [0, 0.05) is 161 Å². The zero-order valence-electron chi connectivity index (χ0n) is 65.1. The van der Waals surface area contributed by atoms with Crippen LogP contribution in [0.15, 0.2) is 135 Å². The monoisotopic (exact) mass is 1530 g/mol. The number of nitrogens with zero attached hydrogens (tertiary/aromatic N) is 19. The highest BCUT2D eigenvalue weighted by Gasteiger charge is 2.40. The van der Waals surface area contributed by atoms with Crippen LogP contribution >= 0.6 is 0 Å². The summed E-state index contributed by atoms with van der Waals surface area (Å²) in [6.07, 6.45) is 26.9. The quantitative estimate of drug-likeness (QED) is 0.0915. The molecule has 10 aromatic rings.